The second kappa shape index (κ2) is 6.27. The fourth-order valence-electron chi connectivity index (χ4n) is 2.66. The lowest BCUT2D eigenvalue weighted by atomic mass is 10.1. The Kier molecular flexibility index (Phi) is 4.28. The predicted molar refractivity (Wildman–Crippen MR) is 82.6 cm³/mol. The van der Waals surface area contributed by atoms with Gasteiger partial charge in [0.15, 0.2) is 5.78 Å². The largest absolute Gasteiger partial charge is 0.433 e. The summed E-state index contributed by atoms with van der Waals surface area (Å²) in [5.74, 6) is -0.925. The maximum absolute atomic E-state index is 13.5. The number of hydrogen-bond donors (Lipinski definition) is 0. The van der Waals surface area contributed by atoms with Crippen LogP contribution in [0.4, 0.5) is 17.6 Å². The predicted octanol–water partition coefficient (Wildman–Crippen LogP) is 4.03. The van der Waals surface area contributed by atoms with Crippen molar-refractivity contribution in [3.63, 3.8) is 0 Å². The molecule has 25 heavy (non-hydrogen) atoms. The quantitative estimate of drug-likeness (QED) is 0.527. The molecule has 0 aliphatic carbocycles. The molecule has 3 aromatic rings. The van der Waals surface area contributed by atoms with Crippen molar-refractivity contribution >= 4 is 16.7 Å². The van der Waals surface area contributed by atoms with Gasteiger partial charge >= 0.3 is 6.18 Å². The Hall–Kier alpha value is -2.77. The maximum Gasteiger partial charge on any atom is 0.433 e. The molecule has 0 spiro atoms. The summed E-state index contributed by atoms with van der Waals surface area (Å²) >= 11 is 0. The summed E-state index contributed by atoms with van der Waals surface area (Å²) in [4.78, 5) is 19.5. The lowest BCUT2D eigenvalue weighted by Gasteiger charge is -2.06. The summed E-state index contributed by atoms with van der Waals surface area (Å²) in [6.45, 7) is 2.44. The summed E-state index contributed by atoms with van der Waals surface area (Å²) in [6.07, 6.45) is -2.58. The fourth-order valence-corrected chi connectivity index (χ4v) is 2.66. The van der Waals surface area contributed by atoms with Crippen molar-refractivity contribution in [1.82, 2.24) is 14.5 Å². The van der Waals surface area contributed by atoms with Crippen molar-refractivity contribution in [2.45, 2.75) is 26.1 Å². The lowest BCUT2D eigenvalue weighted by Crippen LogP contribution is -2.11. The first-order valence-electron chi connectivity index (χ1n) is 7.49. The molecule has 0 bridgehead atoms. The van der Waals surface area contributed by atoms with Gasteiger partial charge in [-0.3, -0.25) is 4.79 Å². The van der Waals surface area contributed by atoms with Gasteiger partial charge in [-0.25, -0.2) is 14.4 Å². The van der Waals surface area contributed by atoms with Crippen LogP contribution in [-0.4, -0.2) is 20.3 Å². The Morgan fingerprint density at radius 3 is 2.64 bits per heavy atom. The molecule has 0 saturated carbocycles. The zero-order valence-corrected chi connectivity index (χ0v) is 13.1. The second-order valence-electron chi connectivity index (χ2n) is 5.48. The van der Waals surface area contributed by atoms with Gasteiger partial charge in [-0.2, -0.15) is 13.2 Å². The van der Waals surface area contributed by atoms with E-state index in [0.717, 1.165) is 12.4 Å². The first-order chi connectivity index (χ1) is 11.8. The Labute approximate surface area is 140 Å². The number of alkyl halides is 3. The molecule has 4 nitrogen and oxygen atoms in total. The smallest absolute Gasteiger partial charge is 0.347 e. The van der Waals surface area contributed by atoms with E-state index in [-0.39, 0.29) is 17.7 Å². The van der Waals surface area contributed by atoms with Crippen LogP contribution in [-0.2, 0) is 19.1 Å². The molecular formula is C17H13F4N3O. The van der Waals surface area contributed by atoms with Crippen LogP contribution in [0.2, 0.25) is 0 Å². The number of carbonyl (C=O) groups excluding carboxylic acids is 1. The number of benzene rings is 1. The van der Waals surface area contributed by atoms with Crippen LogP contribution >= 0.6 is 0 Å². The van der Waals surface area contributed by atoms with Gasteiger partial charge in [0.1, 0.15) is 17.8 Å². The number of aryl methyl sites for hydroxylation is 1. The molecule has 0 atom stereocenters. The molecule has 3 rings (SSSR count). The highest BCUT2D eigenvalue weighted by Crippen LogP contribution is 2.28. The van der Waals surface area contributed by atoms with Crippen LogP contribution in [0.25, 0.3) is 10.9 Å². The minimum absolute atomic E-state index is 0.0406. The van der Waals surface area contributed by atoms with Crippen LogP contribution in [0.5, 0.6) is 0 Å². The van der Waals surface area contributed by atoms with Crippen LogP contribution in [0, 0.1) is 5.82 Å². The molecule has 130 valence electrons. The summed E-state index contributed by atoms with van der Waals surface area (Å²) in [6, 6.07) is 4.85. The molecule has 0 N–H and O–H groups in total. The van der Waals surface area contributed by atoms with E-state index >= 15 is 0 Å². The van der Waals surface area contributed by atoms with Gasteiger partial charge in [0, 0.05) is 29.2 Å². The number of nitrogens with zero attached hydrogens (tertiary/aromatic N) is 3. The number of rotatable bonds is 4. The molecule has 0 saturated heterocycles. The van der Waals surface area contributed by atoms with Gasteiger partial charge in [0.2, 0.25) is 0 Å². The van der Waals surface area contributed by atoms with Crippen LogP contribution < -0.4 is 0 Å². The molecule has 1 aromatic carbocycles. The average Bonchev–Trinajstić information content (AvgIpc) is 2.92. The second-order valence-corrected chi connectivity index (χ2v) is 5.48. The Balaban J connectivity index is 1.97. The van der Waals surface area contributed by atoms with E-state index < -0.39 is 23.5 Å². The van der Waals surface area contributed by atoms with Crippen molar-refractivity contribution in [1.29, 1.82) is 0 Å². The lowest BCUT2D eigenvalue weighted by molar-refractivity contribution is -0.141. The third kappa shape index (κ3) is 3.38. The number of Topliss-reactive ketones (excluding diaryl/α,β-unsaturated/α-hetero) is 1. The van der Waals surface area contributed by atoms with E-state index in [1.54, 1.807) is 16.8 Å². The van der Waals surface area contributed by atoms with E-state index in [4.69, 9.17) is 0 Å². The van der Waals surface area contributed by atoms with Gasteiger partial charge in [-0.1, -0.05) is 0 Å². The minimum atomic E-state index is -4.61. The van der Waals surface area contributed by atoms with Crippen molar-refractivity contribution in [2.75, 3.05) is 0 Å². The van der Waals surface area contributed by atoms with E-state index in [2.05, 4.69) is 9.97 Å². The average molecular weight is 351 g/mol. The minimum Gasteiger partial charge on any atom is -0.347 e. The molecule has 0 aliphatic heterocycles. The van der Waals surface area contributed by atoms with Gasteiger partial charge < -0.3 is 4.57 Å². The Bertz CT molecular complexity index is 947. The summed E-state index contributed by atoms with van der Waals surface area (Å²) in [5.41, 5.74) is -0.206. The molecule has 0 unspecified atom stereocenters. The monoisotopic (exact) mass is 351 g/mol. The Morgan fingerprint density at radius 1 is 1.20 bits per heavy atom. The number of hydrogen-bond acceptors (Lipinski definition) is 3. The van der Waals surface area contributed by atoms with Crippen molar-refractivity contribution in [2.24, 2.45) is 0 Å². The number of halogens is 4. The third-order valence-electron chi connectivity index (χ3n) is 3.84. The number of carbonyl (C=O) groups is 1. The first kappa shape index (κ1) is 17.1. The van der Waals surface area contributed by atoms with E-state index in [1.165, 1.54) is 12.1 Å². The highest BCUT2D eigenvalue weighted by atomic mass is 19.4. The number of aromatic nitrogens is 3. The number of fused-ring (bicyclic) bond motifs is 1. The summed E-state index contributed by atoms with van der Waals surface area (Å²) < 4.78 is 53.4. The molecule has 2 heterocycles. The Morgan fingerprint density at radius 2 is 1.96 bits per heavy atom. The molecule has 2 aromatic heterocycles. The standard InChI is InChI=1S/C17H13F4N3O/c1-2-24-8-13(12-5-10(18)3-4-14(12)24)15(25)6-11-7-16(17(19,20)21)23-9-22-11/h3-5,7-9H,2,6H2,1H3. The molecular weight excluding hydrogens is 338 g/mol. The van der Waals surface area contributed by atoms with Gasteiger partial charge in [-0.05, 0) is 31.2 Å². The van der Waals surface area contributed by atoms with Gasteiger partial charge in [0.25, 0.3) is 0 Å². The zero-order valence-electron chi connectivity index (χ0n) is 13.1. The van der Waals surface area contributed by atoms with Gasteiger partial charge in [0.05, 0.1) is 12.1 Å². The van der Waals surface area contributed by atoms with E-state index in [9.17, 15) is 22.4 Å². The highest BCUT2D eigenvalue weighted by Gasteiger charge is 2.33. The van der Waals surface area contributed by atoms with Gasteiger partial charge in [-0.15, -0.1) is 0 Å². The van der Waals surface area contributed by atoms with Crippen LogP contribution in [0.3, 0.4) is 0 Å². The number of ketones is 1. The van der Waals surface area contributed by atoms with E-state index in [0.29, 0.717) is 17.4 Å². The van der Waals surface area contributed by atoms with E-state index in [1.807, 2.05) is 6.92 Å². The fraction of sp³-hybridized carbons (Fsp3) is 0.235. The van der Waals surface area contributed by atoms with Crippen molar-refractivity contribution < 1.29 is 22.4 Å². The van der Waals surface area contributed by atoms with Crippen LogP contribution in [0.15, 0.2) is 36.8 Å². The molecule has 8 heteroatoms. The topological polar surface area (TPSA) is 47.8 Å². The highest BCUT2D eigenvalue weighted by molar-refractivity contribution is 6.08. The molecule has 0 radical (unpaired) electrons. The first-order valence-corrected chi connectivity index (χ1v) is 7.49. The van der Waals surface area contributed by atoms with Crippen molar-refractivity contribution in [3.8, 4) is 0 Å². The maximum atomic E-state index is 13.5. The summed E-state index contributed by atoms with van der Waals surface area (Å²) in [7, 11) is 0. The molecule has 0 amide bonds. The molecule has 0 fully saturated rings. The zero-order chi connectivity index (χ0) is 18.2. The normalized spacial score (nSPS) is 11.9. The van der Waals surface area contributed by atoms with Crippen molar-refractivity contribution in [3.05, 3.63) is 59.6 Å². The third-order valence-corrected chi connectivity index (χ3v) is 3.84. The summed E-state index contributed by atoms with van der Waals surface area (Å²) in [5, 5.41) is 0.428. The molecule has 0 aliphatic rings. The SMILES string of the molecule is CCn1cc(C(=O)Cc2cc(C(F)(F)F)ncn2)c2cc(F)ccc21. The van der Waals surface area contributed by atoms with Crippen LogP contribution in [0.1, 0.15) is 28.7 Å².